The first-order valence-electron chi connectivity index (χ1n) is 13.5. The fourth-order valence-electron chi connectivity index (χ4n) is 4.94. The second kappa shape index (κ2) is 12.3. The van der Waals surface area contributed by atoms with Crippen molar-refractivity contribution >= 4 is 34.2 Å². The maximum absolute atomic E-state index is 13.3. The summed E-state index contributed by atoms with van der Waals surface area (Å²) in [5, 5.41) is 4.82. The number of methoxy groups -OCH3 is 1. The quantitative estimate of drug-likeness (QED) is 0.148. The SMILES string of the molecule is C=C(F)C(=O)Nc1ccc(-c2c(-c3ccc(C(=O)NCC(F)(F)F)c(OC)c3)c3c(N)ncc(C#CC4COC4)c3n2C)cc1. The third-order valence-electron chi connectivity index (χ3n) is 7.13. The van der Waals surface area contributed by atoms with E-state index in [2.05, 4.69) is 28.7 Å². The molecule has 45 heavy (non-hydrogen) atoms. The molecule has 3 heterocycles. The molecule has 4 aromatic rings. The molecule has 232 valence electrons. The van der Waals surface area contributed by atoms with Crippen molar-refractivity contribution in [1.82, 2.24) is 14.9 Å². The Balaban J connectivity index is 1.69. The Labute approximate surface area is 255 Å². The lowest BCUT2D eigenvalue weighted by molar-refractivity contribution is -0.123. The molecule has 2 aromatic heterocycles. The van der Waals surface area contributed by atoms with Gasteiger partial charge >= 0.3 is 6.18 Å². The van der Waals surface area contributed by atoms with Crippen LogP contribution in [0.4, 0.5) is 29.1 Å². The van der Waals surface area contributed by atoms with Gasteiger partial charge < -0.3 is 30.4 Å². The van der Waals surface area contributed by atoms with E-state index in [1.807, 2.05) is 16.9 Å². The second-order valence-corrected chi connectivity index (χ2v) is 10.2. The predicted molar refractivity (Wildman–Crippen MR) is 161 cm³/mol. The van der Waals surface area contributed by atoms with Gasteiger partial charge in [-0.15, -0.1) is 0 Å². The van der Waals surface area contributed by atoms with Gasteiger partial charge in [-0.3, -0.25) is 9.59 Å². The highest BCUT2D eigenvalue weighted by atomic mass is 19.4. The molecule has 1 fully saturated rings. The number of ether oxygens (including phenoxy) is 2. The second-order valence-electron chi connectivity index (χ2n) is 10.2. The van der Waals surface area contributed by atoms with Crippen LogP contribution in [0.3, 0.4) is 0 Å². The van der Waals surface area contributed by atoms with E-state index in [-0.39, 0.29) is 23.0 Å². The van der Waals surface area contributed by atoms with Crippen LogP contribution in [-0.2, 0) is 16.6 Å². The number of halogens is 4. The van der Waals surface area contributed by atoms with Gasteiger partial charge in [-0.05, 0) is 35.4 Å². The van der Waals surface area contributed by atoms with Crippen molar-refractivity contribution in [3.05, 3.63) is 72.2 Å². The number of benzene rings is 2. The fraction of sp³-hybridized carbons (Fsp3) is 0.219. The summed E-state index contributed by atoms with van der Waals surface area (Å²) in [6, 6.07) is 11.1. The van der Waals surface area contributed by atoms with Gasteiger partial charge in [0.25, 0.3) is 11.8 Å². The van der Waals surface area contributed by atoms with E-state index in [1.54, 1.807) is 36.5 Å². The van der Waals surface area contributed by atoms with Crippen LogP contribution in [0.25, 0.3) is 33.3 Å². The van der Waals surface area contributed by atoms with Crippen molar-refractivity contribution in [3.8, 4) is 40.0 Å². The average molecular weight is 622 g/mol. The minimum Gasteiger partial charge on any atom is -0.496 e. The number of hydrogen-bond donors (Lipinski definition) is 3. The molecule has 0 aliphatic carbocycles. The lowest BCUT2D eigenvalue weighted by atomic mass is 9.96. The molecule has 0 bridgehead atoms. The van der Waals surface area contributed by atoms with E-state index in [9.17, 15) is 27.2 Å². The number of alkyl halides is 3. The van der Waals surface area contributed by atoms with Crippen LogP contribution >= 0.6 is 0 Å². The smallest absolute Gasteiger partial charge is 0.405 e. The standard InChI is InChI=1S/C32H27F4N5O4/c1-17(33)30(42)40-22-9-6-19(7-10-22)27-25(20-8-11-23(24(12-20)44-3)31(43)39-16-32(34,35)36)26-28(41(27)2)21(13-38-29(26)37)5-4-18-14-45-15-18/h6-13,18H,1,14-16H2,2-3H3,(H2,37,38)(H,39,43)(H,40,42). The Morgan fingerprint density at radius 3 is 2.47 bits per heavy atom. The number of nitrogens with zero attached hydrogens (tertiary/aromatic N) is 2. The summed E-state index contributed by atoms with van der Waals surface area (Å²) in [5.74, 6) is 3.61. The molecule has 9 nitrogen and oxygen atoms in total. The Bertz CT molecular complexity index is 1880. The molecule has 0 radical (unpaired) electrons. The first-order valence-corrected chi connectivity index (χ1v) is 13.5. The van der Waals surface area contributed by atoms with Gasteiger partial charge in [0.15, 0.2) is 5.83 Å². The van der Waals surface area contributed by atoms with Crippen LogP contribution in [0.1, 0.15) is 15.9 Å². The number of aryl methyl sites for hydroxylation is 1. The first kappa shape index (κ1) is 31.1. The zero-order chi connectivity index (χ0) is 32.5. The van der Waals surface area contributed by atoms with E-state index in [4.69, 9.17) is 15.2 Å². The molecule has 0 unspecified atom stereocenters. The number of rotatable bonds is 7. The van der Waals surface area contributed by atoms with Gasteiger partial charge in [-0.25, -0.2) is 9.37 Å². The van der Waals surface area contributed by atoms with E-state index in [0.717, 1.165) is 0 Å². The highest BCUT2D eigenvalue weighted by Crippen LogP contribution is 2.44. The summed E-state index contributed by atoms with van der Waals surface area (Å²) >= 11 is 0. The number of carbonyl (C=O) groups excluding carboxylic acids is 2. The molecule has 1 saturated heterocycles. The number of nitrogen functional groups attached to an aromatic ring is 1. The number of aromatic nitrogens is 2. The lowest BCUT2D eigenvalue weighted by Gasteiger charge is -2.20. The number of hydrogen-bond acceptors (Lipinski definition) is 6. The van der Waals surface area contributed by atoms with Crippen molar-refractivity contribution < 1.29 is 36.6 Å². The molecule has 0 saturated carbocycles. The number of pyridine rings is 1. The van der Waals surface area contributed by atoms with Gasteiger partial charge in [0.05, 0.1) is 54.0 Å². The Hall–Kier alpha value is -5.35. The summed E-state index contributed by atoms with van der Waals surface area (Å²) in [6.45, 7) is 2.56. The van der Waals surface area contributed by atoms with E-state index < -0.39 is 30.4 Å². The van der Waals surface area contributed by atoms with Crippen molar-refractivity contribution in [1.29, 1.82) is 0 Å². The number of fused-ring (bicyclic) bond motifs is 1. The molecule has 0 spiro atoms. The van der Waals surface area contributed by atoms with Gasteiger partial charge in [0, 0.05) is 24.5 Å². The van der Waals surface area contributed by atoms with Crippen LogP contribution in [0, 0.1) is 17.8 Å². The third-order valence-corrected chi connectivity index (χ3v) is 7.13. The summed E-state index contributed by atoms with van der Waals surface area (Å²) in [7, 11) is 3.12. The highest BCUT2D eigenvalue weighted by molar-refractivity contribution is 6.11. The van der Waals surface area contributed by atoms with Crippen LogP contribution in [-0.4, -0.2) is 54.4 Å². The largest absolute Gasteiger partial charge is 0.496 e. The van der Waals surface area contributed by atoms with Gasteiger partial charge in [0.1, 0.15) is 18.1 Å². The summed E-state index contributed by atoms with van der Waals surface area (Å²) in [6.07, 6.45) is -3.01. The molecule has 1 aliphatic heterocycles. The zero-order valence-electron chi connectivity index (χ0n) is 24.1. The molecular weight excluding hydrogens is 594 g/mol. The predicted octanol–water partition coefficient (Wildman–Crippen LogP) is 5.21. The highest BCUT2D eigenvalue weighted by Gasteiger charge is 2.29. The van der Waals surface area contributed by atoms with Crippen LogP contribution in [0.2, 0.25) is 0 Å². The number of carbonyl (C=O) groups is 2. The minimum atomic E-state index is -4.59. The molecule has 4 N–H and O–H groups in total. The number of nitrogens with one attached hydrogen (secondary N) is 2. The zero-order valence-corrected chi connectivity index (χ0v) is 24.1. The van der Waals surface area contributed by atoms with Crippen LogP contribution in [0.5, 0.6) is 5.75 Å². The van der Waals surface area contributed by atoms with Crippen molar-refractivity contribution in [2.24, 2.45) is 13.0 Å². The maximum Gasteiger partial charge on any atom is 0.405 e. The topological polar surface area (TPSA) is 120 Å². The molecule has 2 amide bonds. The minimum absolute atomic E-state index is 0.0344. The summed E-state index contributed by atoms with van der Waals surface area (Å²) in [5.41, 5.74) is 10.4. The number of anilines is 2. The monoisotopic (exact) mass is 621 g/mol. The van der Waals surface area contributed by atoms with Crippen LogP contribution < -0.4 is 21.1 Å². The molecule has 1 aliphatic rings. The van der Waals surface area contributed by atoms with Crippen LogP contribution in [0.15, 0.2) is 61.1 Å². The van der Waals surface area contributed by atoms with Gasteiger partial charge in [0.2, 0.25) is 0 Å². The average Bonchev–Trinajstić information content (AvgIpc) is 3.29. The van der Waals surface area contributed by atoms with E-state index in [0.29, 0.717) is 57.8 Å². The summed E-state index contributed by atoms with van der Waals surface area (Å²) < 4.78 is 64.0. The number of nitrogens with two attached hydrogens (primary N) is 1. The molecular formula is C32H27F4N5O4. The molecule has 13 heteroatoms. The molecule has 5 rings (SSSR count). The molecule has 0 atom stereocenters. The Kier molecular flexibility index (Phi) is 8.52. The fourth-order valence-corrected chi connectivity index (χ4v) is 4.94. The number of amides is 2. The first-order chi connectivity index (χ1) is 21.4. The van der Waals surface area contributed by atoms with Crippen molar-refractivity contribution in [2.75, 3.05) is 37.9 Å². The van der Waals surface area contributed by atoms with Crippen molar-refractivity contribution in [3.63, 3.8) is 0 Å². The lowest BCUT2D eigenvalue weighted by Crippen LogP contribution is -2.33. The summed E-state index contributed by atoms with van der Waals surface area (Å²) in [4.78, 5) is 28.8. The molecule has 2 aromatic carbocycles. The maximum atomic E-state index is 13.3. The Morgan fingerprint density at radius 1 is 1.18 bits per heavy atom. The van der Waals surface area contributed by atoms with Crippen molar-refractivity contribution in [2.45, 2.75) is 6.18 Å². The van der Waals surface area contributed by atoms with Gasteiger partial charge in [-0.1, -0.05) is 36.6 Å². The Morgan fingerprint density at radius 2 is 1.87 bits per heavy atom. The van der Waals surface area contributed by atoms with E-state index >= 15 is 0 Å². The normalized spacial score (nSPS) is 13.0. The van der Waals surface area contributed by atoms with E-state index in [1.165, 1.54) is 19.2 Å². The van der Waals surface area contributed by atoms with Gasteiger partial charge in [-0.2, -0.15) is 13.2 Å². The third kappa shape index (κ3) is 6.46.